The number of aromatic nitrogens is 1. The molecule has 0 unspecified atom stereocenters. The Kier molecular flexibility index (Phi) is 3.20. The standard InChI is InChI=1S/C16H13ClN2/c17-15-9-11(10-18)6-7-13(15)14-5-1-3-12-4-2-8-19-16(12)14/h1-9H,10,18H2. The summed E-state index contributed by atoms with van der Waals surface area (Å²) in [5.74, 6) is 0. The average Bonchev–Trinajstić information content (AvgIpc) is 2.46. The Hall–Kier alpha value is -1.90. The maximum Gasteiger partial charge on any atom is 0.0780 e. The number of benzene rings is 2. The van der Waals surface area contributed by atoms with E-state index in [1.165, 1.54) is 0 Å². The summed E-state index contributed by atoms with van der Waals surface area (Å²) in [6.45, 7) is 0.494. The summed E-state index contributed by atoms with van der Waals surface area (Å²) in [7, 11) is 0. The Morgan fingerprint density at radius 2 is 1.84 bits per heavy atom. The van der Waals surface area contributed by atoms with Gasteiger partial charge in [-0.25, -0.2) is 0 Å². The predicted molar refractivity (Wildman–Crippen MR) is 80.1 cm³/mol. The maximum atomic E-state index is 6.36. The second-order valence-electron chi connectivity index (χ2n) is 4.40. The summed E-state index contributed by atoms with van der Waals surface area (Å²) in [6, 6.07) is 16.0. The zero-order chi connectivity index (χ0) is 13.2. The Bertz CT molecular complexity index is 732. The van der Waals surface area contributed by atoms with Crippen LogP contribution in [0.4, 0.5) is 0 Å². The normalized spacial score (nSPS) is 10.8. The molecule has 2 nitrogen and oxygen atoms in total. The molecule has 0 saturated heterocycles. The molecule has 0 saturated carbocycles. The lowest BCUT2D eigenvalue weighted by atomic mass is 10.0. The van der Waals surface area contributed by atoms with Gasteiger partial charge in [0.1, 0.15) is 0 Å². The zero-order valence-corrected chi connectivity index (χ0v) is 11.1. The Morgan fingerprint density at radius 3 is 2.63 bits per heavy atom. The summed E-state index contributed by atoms with van der Waals surface area (Å²) in [5.41, 5.74) is 9.66. The molecule has 1 heterocycles. The molecule has 2 aromatic carbocycles. The second kappa shape index (κ2) is 5.00. The van der Waals surface area contributed by atoms with E-state index < -0.39 is 0 Å². The number of pyridine rings is 1. The lowest BCUT2D eigenvalue weighted by Gasteiger charge is -2.09. The average molecular weight is 269 g/mol. The first-order chi connectivity index (χ1) is 9.29. The van der Waals surface area contributed by atoms with E-state index in [-0.39, 0.29) is 0 Å². The van der Waals surface area contributed by atoms with Crippen LogP contribution in [-0.2, 0) is 6.54 Å². The topological polar surface area (TPSA) is 38.9 Å². The van der Waals surface area contributed by atoms with Gasteiger partial charge in [-0.05, 0) is 17.7 Å². The molecule has 0 aliphatic heterocycles. The zero-order valence-electron chi connectivity index (χ0n) is 10.3. The van der Waals surface area contributed by atoms with Crippen LogP contribution in [0.5, 0.6) is 0 Å². The lowest BCUT2D eigenvalue weighted by Crippen LogP contribution is -1.96. The first kappa shape index (κ1) is 12.2. The minimum absolute atomic E-state index is 0.494. The van der Waals surface area contributed by atoms with Crippen molar-refractivity contribution in [3.8, 4) is 11.1 Å². The summed E-state index contributed by atoms with van der Waals surface area (Å²) in [5, 5.41) is 1.82. The van der Waals surface area contributed by atoms with Crippen LogP contribution in [-0.4, -0.2) is 4.98 Å². The molecular weight excluding hydrogens is 256 g/mol. The van der Waals surface area contributed by atoms with Gasteiger partial charge in [-0.2, -0.15) is 0 Å². The summed E-state index contributed by atoms with van der Waals surface area (Å²) in [6.07, 6.45) is 1.80. The number of nitrogens with two attached hydrogens (primary N) is 1. The number of fused-ring (bicyclic) bond motifs is 1. The molecule has 0 aliphatic carbocycles. The van der Waals surface area contributed by atoms with E-state index in [1.807, 2.05) is 48.5 Å². The number of rotatable bonds is 2. The lowest BCUT2D eigenvalue weighted by molar-refractivity contribution is 1.07. The van der Waals surface area contributed by atoms with Gasteiger partial charge in [0, 0.05) is 34.3 Å². The monoisotopic (exact) mass is 268 g/mol. The highest BCUT2D eigenvalue weighted by molar-refractivity contribution is 6.33. The fourth-order valence-electron chi connectivity index (χ4n) is 2.23. The molecule has 1 aromatic heterocycles. The molecule has 0 spiro atoms. The number of hydrogen-bond acceptors (Lipinski definition) is 2. The maximum absolute atomic E-state index is 6.36. The largest absolute Gasteiger partial charge is 0.326 e. The van der Waals surface area contributed by atoms with E-state index in [0.29, 0.717) is 11.6 Å². The van der Waals surface area contributed by atoms with Gasteiger partial charge in [0.05, 0.1) is 5.52 Å². The van der Waals surface area contributed by atoms with Gasteiger partial charge in [-0.15, -0.1) is 0 Å². The van der Waals surface area contributed by atoms with Crippen molar-refractivity contribution < 1.29 is 0 Å². The Morgan fingerprint density at radius 1 is 1.00 bits per heavy atom. The first-order valence-corrected chi connectivity index (χ1v) is 6.50. The van der Waals surface area contributed by atoms with Gasteiger partial charge < -0.3 is 5.73 Å². The van der Waals surface area contributed by atoms with Gasteiger partial charge in [-0.1, -0.05) is 48.0 Å². The summed E-state index contributed by atoms with van der Waals surface area (Å²) < 4.78 is 0. The highest BCUT2D eigenvalue weighted by Crippen LogP contribution is 2.32. The van der Waals surface area contributed by atoms with Crippen LogP contribution in [0.1, 0.15) is 5.56 Å². The molecule has 3 rings (SSSR count). The van der Waals surface area contributed by atoms with Crippen LogP contribution in [0.2, 0.25) is 5.02 Å². The van der Waals surface area contributed by atoms with Gasteiger partial charge in [0.2, 0.25) is 0 Å². The summed E-state index contributed by atoms with van der Waals surface area (Å²) in [4.78, 5) is 4.46. The predicted octanol–water partition coefficient (Wildman–Crippen LogP) is 4.01. The van der Waals surface area contributed by atoms with Crippen LogP contribution in [0, 0.1) is 0 Å². The van der Waals surface area contributed by atoms with Gasteiger partial charge in [0.15, 0.2) is 0 Å². The third-order valence-electron chi connectivity index (χ3n) is 3.19. The Balaban J connectivity index is 2.24. The van der Waals surface area contributed by atoms with Crippen LogP contribution in [0.15, 0.2) is 54.7 Å². The van der Waals surface area contributed by atoms with Gasteiger partial charge in [0.25, 0.3) is 0 Å². The molecule has 94 valence electrons. The van der Waals surface area contributed by atoms with Crippen molar-refractivity contribution in [2.75, 3.05) is 0 Å². The minimum Gasteiger partial charge on any atom is -0.326 e. The van der Waals surface area contributed by atoms with Gasteiger partial charge >= 0.3 is 0 Å². The van der Waals surface area contributed by atoms with Crippen LogP contribution >= 0.6 is 11.6 Å². The van der Waals surface area contributed by atoms with Gasteiger partial charge in [-0.3, -0.25) is 4.98 Å². The highest BCUT2D eigenvalue weighted by Gasteiger charge is 2.08. The smallest absolute Gasteiger partial charge is 0.0780 e. The third kappa shape index (κ3) is 2.21. The molecule has 19 heavy (non-hydrogen) atoms. The molecule has 2 N–H and O–H groups in total. The number of para-hydroxylation sites is 1. The molecule has 0 amide bonds. The number of nitrogens with zero attached hydrogens (tertiary/aromatic N) is 1. The second-order valence-corrected chi connectivity index (χ2v) is 4.81. The van der Waals surface area contributed by atoms with Crippen LogP contribution < -0.4 is 5.73 Å². The number of hydrogen-bond donors (Lipinski definition) is 1. The molecular formula is C16H13ClN2. The van der Waals surface area contributed by atoms with Crippen molar-refractivity contribution in [1.29, 1.82) is 0 Å². The van der Waals surface area contributed by atoms with Crippen molar-refractivity contribution in [3.05, 3.63) is 65.3 Å². The first-order valence-electron chi connectivity index (χ1n) is 6.12. The highest BCUT2D eigenvalue weighted by atomic mass is 35.5. The molecule has 0 fully saturated rings. The molecule has 0 atom stereocenters. The van der Waals surface area contributed by atoms with E-state index in [0.717, 1.165) is 27.6 Å². The minimum atomic E-state index is 0.494. The van der Waals surface area contributed by atoms with E-state index >= 15 is 0 Å². The third-order valence-corrected chi connectivity index (χ3v) is 3.50. The summed E-state index contributed by atoms with van der Waals surface area (Å²) >= 11 is 6.36. The van der Waals surface area contributed by atoms with E-state index in [4.69, 9.17) is 17.3 Å². The molecule has 0 radical (unpaired) electrons. The van der Waals surface area contributed by atoms with Crippen LogP contribution in [0.3, 0.4) is 0 Å². The van der Waals surface area contributed by atoms with Crippen molar-refractivity contribution in [3.63, 3.8) is 0 Å². The van der Waals surface area contributed by atoms with E-state index in [1.54, 1.807) is 6.20 Å². The van der Waals surface area contributed by atoms with E-state index in [2.05, 4.69) is 4.98 Å². The molecule has 0 bridgehead atoms. The van der Waals surface area contributed by atoms with Crippen molar-refractivity contribution in [2.24, 2.45) is 5.73 Å². The number of halogens is 1. The Labute approximate surface area is 116 Å². The molecule has 3 heteroatoms. The fraction of sp³-hybridized carbons (Fsp3) is 0.0625. The van der Waals surface area contributed by atoms with Crippen molar-refractivity contribution in [1.82, 2.24) is 4.98 Å². The van der Waals surface area contributed by atoms with Crippen LogP contribution in [0.25, 0.3) is 22.0 Å². The quantitative estimate of drug-likeness (QED) is 0.763. The molecule has 0 aliphatic rings. The van der Waals surface area contributed by atoms with Crippen molar-refractivity contribution >= 4 is 22.5 Å². The fourth-order valence-corrected chi connectivity index (χ4v) is 2.53. The SMILES string of the molecule is NCc1ccc(-c2cccc3cccnc23)c(Cl)c1. The van der Waals surface area contributed by atoms with Crippen molar-refractivity contribution in [2.45, 2.75) is 6.54 Å². The molecule has 3 aromatic rings. The van der Waals surface area contributed by atoms with E-state index in [9.17, 15) is 0 Å².